The minimum Gasteiger partial charge on any atom is -0.486 e. The van der Waals surface area contributed by atoms with Gasteiger partial charge in [-0.25, -0.2) is 0 Å². The number of carbonyl (C=O) groups excluding carboxylic acids is 1. The van der Waals surface area contributed by atoms with Gasteiger partial charge in [0.1, 0.15) is 18.1 Å². The minimum absolute atomic E-state index is 0.215. The summed E-state index contributed by atoms with van der Waals surface area (Å²) in [5.41, 5.74) is 1.83. The Kier molecular flexibility index (Phi) is 5.09. The maximum absolute atomic E-state index is 12.1. The van der Waals surface area contributed by atoms with Crippen LogP contribution in [0.25, 0.3) is 0 Å². The lowest BCUT2D eigenvalue weighted by atomic mass is 10.3. The van der Waals surface area contributed by atoms with Crippen molar-refractivity contribution in [3.63, 3.8) is 0 Å². The van der Waals surface area contributed by atoms with Crippen molar-refractivity contribution in [1.29, 1.82) is 0 Å². The summed E-state index contributed by atoms with van der Waals surface area (Å²) in [6.45, 7) is 2.51. The quantitative estimate of drug-likeness (QED) is 0.731. The molecular weight excluding hydrogens is 342 g/mol. The Bertz CT molecular complexity index is 866. The summed E-state index contributed by atoms with van der Waals surface area (Å²) < 4.78 is 12.9. The third-order valence-corrected chi connectivity index (χ3v) is 3.89. The Morgan fingerprint density at radius 2 is 2.16 bits per heavy atom. The van der Waals surface area contributed by atoms with Crippen molar-refractivity contribution in [1.82, 2.24) is 15.1 Å². The lowest BCUT2D eigenvalue weighted by Crippen LogP contribution is -2.22. The predicted octanol–water partition coefficient (Wildman–Crippen LogP) is 3.48. The summed E-state index contributed by atoms with van der Waals surface area (Å²) in [5.74, 6) is 1.13. The lowest BCUT2D eigenvalue weighted by Gasteiger charge is -2.04. The summed E-state index contributed by atoms with van der Waals surface area (Å²) in [7, 11) is 1.86. The number of hydrogen-bond donors (Lipinski definition) is 1. The van der Waals surface area contributed by atoms with E-state index >= 15 is 0 Å². The van der Waals surface area contributed by atoms with Gasteiger partial charge in [-0.1, -0.05) is 17.7 Å². The first kappa shape index (κ1) is 17.1. The van der Waals surface area contributed by atoms with Crippen molar-refractivity contribution >= 4 is 17.5 Å². The summed E-state index contributed by atoms with van der Waals surface area (Å²) >= 11 is 5.91. The maximum atomic E-state index is 12.1. The fraction of sp³-hybridized carbons (Fsp3) is 0.222. The van der Waals surface area contributed by atoms with E-state index in [1.54, 1.807) is 41.1 Å². The Morgan fingerprint density at radius 3 is 2.88 bits per heavy atom. The molecule has 1 N–H and O–H groups in total. The summed E-state index contributed by atoms with van der Waals surface area (Å²) in [5, 5.41) is 7.67. The molecular formula is C18H18ClN3O3. The van der Waals surface area contributed by atoms with Crippen LogP contribution in [0.2, 0.25) is 5.02 Å². The SMILES string of the molecule is Cc1cc(CNC(=O)c2ccc(COc3cccc(Cl)c3)o2)nn1C. The van der Waals surface area contributed by atoms with Crippen LogP contribution in [0.1, 0.15) is 27.7 Å². The predicted molar refractivity (Wildman–Crippen MR) is 93.6 cm³/mol. The molecule has 0 saturated carbocycles. The summed E-state index contributed by atoms with van der Waals surface area (Å²) in [4.78, 5) is 12.1. The number of furan rings is 1. The lowest BCUT2D eigenvalue weighted by molar-refractivity contribution is 0.0918. The molecule has 2 heterocycles. The topological polar surface area (TPSA) is 69.3 Å². The van der Waals surface area contributed by atoms with Gasteiger partial charge in [0.25, 0.3) is 5.91 Å². The van der Waals surface area contributed by atoms with Crippen LogP contribution < -0.4 is 10.1 Å². The zero-order valence-corrected chi connectivity index (χ0v) is 14.7. The van der Waals surface area contributed by atoms with Gasteiger partial charge < -0.3 is 14.5 Å². The van der Waals surface area contributed by atoms with Gasteiger partial charge in [-0.05, 0) is 43.3 Å². The second-order valence-corrected chi connectivity index (χ2v) is 6.03. The fourth-order valence-corrected chi connectivity index (χ4v) is 2.45. The van der Waals surface area contributed by atoms with E-state index in [1.165, 1.54) is 0 Å². The number of aryl methyl sites for hydroxylation is 2. The molecule has 2 aromatic heterocycles. The monoisotopic (exact) mass is 359 g/mol. The van der Waals surface area contributed by atoms with E-state index in [-0.39, 0.29) is 18.3 Å². The number of nitrogens with one attached hydrogen (secondary N) is 1. The van der Waals surface area contributed by atoms with Crippen molar-refractivity contribution in [3.8, 4) is 5.75 Å². The Labute approximate surface area is 150 Å². The van der Waals surface area contributed by atoms with Crippen LogP contribution in [0.4, 0.5) is 0 Å². The molecule has 3 aromatic rings. The number of ether oxygens (including phenoxy) is 1. The highest BCUT2D eigenvalue weighted by atomic mass is 35.5. The molecule has 1 aromatic carbocycles. The standard InChI is InChI=1S/C18H18ClN3O3/c1-12-8-14(21-22(12)2)10-20-18(23)17-7-6-16(25-17)11-24-15-5-3-4-13(19)9-15/h3-9H,10-11H2,1-2H3,(H,20,23). The highest BCUT2D eigenvalue weighted by molar-refractivity contribution is 6.30. The molecule has 6 nitrogen and oxygen atoms in total. The molecule has 0 atom stereocenters. The third-order valence-electron chi connectivity index (χ3n) is 3.66. The molecule has 0 bridgehead atoms. The molecule has 0 saturated heterocycles. The zero-order valence-electron chi connectivity index (χ0n) is 14.0. The van der Waals surface area contributed by atoms with E-state index < -0.39 is 0 Å². The van der Waals surface area contributed by atoms with E-state index in [0.717, 1.165) is 11.4 Å². The molecule has 25 heavy (non-hydrogen) atoms. The first-order chi connectivity index (χ1) is 12.0. The van der Waals surface area contributed by atoms with E-state index in [0.29, 0.717) is 23.1 Å². The molecule has 130 valence electrons. The smallest absolute Gasteiger partial charge is 0.287 e. The van der Waals surface area contributed by atoms with Crippen molar-refractivity contribution in [2.45, 2.75) is 20.1 Å². The highest BCUT2D eigenvalue weighted by Gasteiger charge is 2.12. The number of benzene rings is 1. The first-order valence-electron chi connectivity index (χ1n) is 7.76. The Morgan fingerprint density at radius 1 is 1.32 bits per heavy atom. The summed E-state index contributed by atoms with van der Waals surface area (Å²) in [6, 6.07) is 12.3. The molecule has 7 heteroatoms. The van der Waals surface area contributed by atoms with Gasteiger partial charge in [0.15, 0.2) is 5.76 Å². The molecule has 0 fully saturated rings. The van der Waals surface area contributed by atoms with Gasteiger partial charge >= 0.3 is 0 Å². The highest BCUT2D eigenvalue weighted by Crippen LogP contribution is 2.19. The maximum Gasteiger partial charge on any atom is 0.287 e. The van der Waals surface area contributed by atoms with Crippen molar-refractivity contribution in [3.05, 3.63) is 70.4 Å². The molecule has 0 aliphatic carbocycles. The van der Waals surface area contributed by atoms with Crippen LogP contribution in [0.3, 0.4) is 0 Å². The minimum atomic E-state index is -0.294. The Hall–Kier alpha value is -2.73. The second-order valence-electron chi connectivity index (χ2n) is 5.60. The van der Waals surface area contributed by atoms with E-state index in [9.17, 15) is 4.79 Å². The van der Waals surface area contributed by atoms with Gasteiger partial charge in [-0.3, -0.25) is 9.48 Å². The van der Waals surface area contributed by atoms with Gasteiger partial charge in [0, 0.05) is 17.8 Å². The largest absolute Gasteiger partial charge is 0.486 e. The van der Waals surface area contributed by atoms with Crippen LogP contribution in [0, 0.1) is 6.92 Å². The number of hydrogen-bond acceptors (Lipinski definition) is 4. The van der Waals surface area contributed by atoms with Crippen LogP contribution in [-0.2, 0) is 20.2 Å². The molecule has 1 amide bonds. The van der Waals surface area contributed by atoms with Gasteiger partial charge in [-0.2, -0.15) is 5.10 Å². The average molecular weight is 360 g/mol. The first-order valence-corrected chi connectivity index (χ1v) is 8.14. The molecule has 0 aliphatic rings. The van der Waals surface area contributed by atoms with Crippen LogP contribution >= 0.6 is 11.6 Å². The number of carbonyl (C=O) groups is 1. The fourth-order valence-electron chi connectivity index (χ4n) is 2.27. The normalized spacial score (nSPS) is 10.7. The van der Waals surface area contributed by atoms with E-state index in [1.807, 2.05) is 20.0 Å². The van der Waals surface area contributed by atoms with Crippen molar-refractivity contribution in [2.24, 2.45) is 7.05 Å². The third kappa shape index (κ3) is 4.42. The van der Waals surface area contributed by atoms with Gasteiger partial charge in [-0.15, -0.1) is 0 Å². The van der Waals surface area contributed by atoms with E-state index in [2.05, 4.69) is 10.4 Å². The average Bonchev–Trinajstić information content (AvgIpc) is 3.18. The molecule has 0 unspecified atom stereocenters. The van der Waals surface area contributed by atoms with E-state index in [4.69, 9.17) is 20.8 Å². The summed E-state index contributed by atoms with van der Waals surface area (Å²) in [6.07, 6.45) is 0. The van der Waals surface area contributed by atoms with Crippen molar-refractivity contribution in [2.75, 3.05) is 0 Å². The van der Waals surface area contributed by atoms with Gasteiger partial charge in [0.05, 0.1) is 12.2 Å². The van der Waals surface area contributed by atoms with Crippen LogP contribution in [0.5, 0.6) is 5.75 Å². The molecule has 0 radical (unpaired) electrons. The van der Waals surface area contributed by atoms with Crippen molar-refractivity contribution < 1.29 is 13.9 Å². The number of rotatable bonds is 6. The number of halogens is 1. The molecule has 0 aliphatic heterocycles. The molecule has 0 spiro atoms. The number of aromatic nitrogens is 2. The van der Waals surface area contributed by atoms with Crippen LogP contribution in [-0.4, -0.2) is 15.7 Å². The van der Waals surface area contributed by atoms with Gasteiger partial charge in [0.2, 0.25) is 0 Å². The zero-order chi connectivity index (χ0) is 17.8. The number of nitrogens with zero attached hydrogens (tertiary/aromatic N) is 2. The Balaban J connectivity index is 1.54. The molecule has 3 rings (SSSR count). The number of amides is 1. The van der Waals surface area contributed by atoms with Crippen LogP contribution in [0.15, 0.2) is 46.9 Å². The second kappa shape index (κ2) is 7.44.